The summed E-state index contributed by atoms with van der Waals surface area (Å²) in [5.41, 5.74) is 1.68. The number of nitrogens with zero attached hydrogens (tertiary/aromatic N) is 5. The van der Waals surface area contributed by atoms with E-state index < -0.39 is 23.1 Å². The molecule has 5 aromatic rings. The Morgan fingerprint density at radius 3 is 2.68 bits per heavy atom. The van der Waals surface area contributed by atoms with Gasteiger partial charge in [-0.05, 0) is 36.8 Å². The number of aliphatic carboxylic acids is 1. The third-order valence-electron chi connectivity index (χ3n) is 6.85. The lowest BCUT2D eigenvalue weighted by Crippen LogP contribution is -2.39. The number of aryl methyl sites for hydroxylation is 2. The molecule has 0 spiro atoms. The lowest BCUT2D eigenvalue weighted by molar-refractivity contribution is -0.138. The van der Waals surface area contributed by atoms with Crippen LogP contribution in [0.5, 0.6) is 0 Å². The van der Waals surface area contributed by atoms with Gasteiger partial charge in [-0.25, -0.2) is 9.78 Å². The number of nitrogens with one attached hydrogen (secondary N) is 2. The molecule has 3 N–H and O–H groups in total. The van der Waals surface area contributed by atoms with Crippen LogP contribution in [-0.2, 0) is 25.4 Å². The summed E-state index contributed by atoms with van der Waals surface area (Å²) in [6.07, 6.45) is 0.558. The highest BCUT2D eigenvalue weighted by Gasteiger charge is 2.45. The van der Waals surface area contributed by atoms with Gasteiger partial charge in [0, 0.05) is 47.3 Å². The molecule has 4 heterocycles. The number of carboxylic acids is 1. The monoisotopic (exact) mass is 519 g/mol. The lowest BCUT2D eigenvalue weighted by Gasteiger charge is -2.08. The van der Waals surface area contributed by atoms with E-state index in [1.54, 1.807) is 42.9 Å². The Hall–Kier alpha value is -4.38. The SMILES string of the molecule is Cn1c(Nc2cccc([C@H]3C[C@H]3C(=O)O)n2)nc2c1c(=O)n(Cc1cc3c(Cl)cccc3[nH]1)c(=O)n2C. The van der Waals surface area contributed by atoms with E-state index in [1.165, 1.54) is 4.57 Å². The van der Waals surface area contributed by atoms with E-state index in [2.05, 4.69) is 20.3 Å². The molecule has 4 aromatic heterocycles. The Balaban J connectivity index is 1.37. The predicted molar refractivity (Wildman–Crippen MR) is 139 cm³/mol. The van der Waals surface area contributed by atoms with Gasteiger partial charge in [0.1, 0.15) is 5.82 Å². The molecule has 0 radical (unpaired) electrons. The van der Waals surface area contributed by atoms with Crippen molar-refractivity contribution in [3.63, 3.8) is 0 Å². The third-order valence-corrected chi connectivity index (χ3v) is 7.18. The molecule has 6 rings (SSSR count). The first-order chi connectivity index (χ1) is 17.7. The molecule has 37 heavy (non-hydrogen) atoms. The van der Waals surface area contributed by atoms with Crippen molar-refractivity contribution < 1.29 is 9.90 Å². The maximum atomic E-state index is 13.5. The van der Waals surface area contributed by atoms with Crippen LogP contribution in [0, 0.1) is 5.92 Å². The molecule has 11 nitrogen and oxygen atoms in total. The number of H-pyrrole nitrogens is 1. The van der Waals surface area contributed by atoms with Crippen LogP contribution in [0.15, 0.2) is 52.1 Å². The van der Waals surface area contributed by atoms with Crippen molar-refractivity contribution in [3.8, 4) is 0 Å². The molecule has 1 fully saturated rings. The highest BCUT2D eigenvalue weighted by Crippen LogP contribution is 2.47. The summed E-state index contributed by atoms with van der Waals surface area (Å²) in [6.45, 7) is 0.0378. The van der Waals surface area contributed by atoms with Crippen molar-refractivity contribution in [1.82, 2.24) is 28.7 Å². The Kier molecular flexibility index (Phi) is 5.19. The van der Waals surface area contributed by atoms with E-state index in [4.69, 9.17) is 11.6 Å². The van der Waals surface area contributed by atoms with Gasteiger partial charge in [-0.2, -0.15) is 4.98 Å². The Labute approximate surface area is 214 Å². The van der Waals surface area contributed by atoms with Gasteiger partial charge in [-0.1, -0.05) is 23.7 Å². The maximum Gasteiger partial charge on any atom is 0.332 e. The first kappa shape index (κ1) is 23.0. The zero-order valence-corrected chi connectivity index (χ0v) is 20.7. The number of pyridine rings is 1. The van der Waals surface area contributed by atoms with E-state index in [1.807, 2.05) is 18.2 Å². The van der Waals surface area contributed by atoms with Gasteiger partial charge in [0.15, 0.2) is 11.2 Å². The zero-order valence-electron chi connectivity index (χ0n) is 19.9. The molecule has 0 bridgehead atoms. The number of hydrogen-bond acceptors (Lipinski definition) is 6. The minimum absolute atomic E-state index is 0.0378. The normalized spacial score (nSPS) is 16.9. The van der Waals surface area contributed by atoms with Gasteiger partial charge in [0.25, 0.3) is 5.56 Å². The van der Waals surface area contributed by atoms with E-state index >= 15 is 0 Å². The number of aromatic amines is 1. The molecule has 1 aliphatic rings. The van der Waals surface area contributed by atoms with Crippen LogP contribution in [0.4, 0.5) is 11.8 Å². The molecule has 0 aliphatic heterocycles. The van der Waals surface area contributed by atoms with Crippen LogP contribution in [0.3, 0.4) is 0 Å². The van der Waals surface area contributed by atoms with Crippen molar-refractivity contribution in [2.45, 2.75) is 18.9 Å². The van der Waals surface area contributed by atoms with Crippen LogP contribution in [0.2, 0.25) is 5.02 Å². The van der Waals surface area contributed by atoms with Crippen molar-refractivity contribution in [1.29, 1.82) is 0 Å². The molecule has 0 unspecified atom stereocenters. The molecule has 1 saturated carbocycles. The fourth-order valence-electron chi connectivity index (χ4n) is 4.76. The Morgan fingerprint density at radius 2 is 1.95 bits per heavy atom. The van der Waals surface area contributed by atoms with Crippen molar-refractivity contribution in [3.05, 3.63) is 79.7 Å². The quantitative estimate of drug-likeness (QED) is 0.313. The van der Waals surface area contributed by atoms with Crippen molar-refractivity contribution in [2.75, 3.05) is 5.32 Å². The van der Waals surface area contributed by atoms with Crippen LogP contribution in [0.25, 0.3) is 22.1 Å². The summed E-state index contributed by atoms with van der Waals surface area (Å²) < 4.78 is 4.08. The molecule has 188 valence electrons. The number of carboxylic acid groups (broad SMARTS) is 1. The molecule has 0 amide bonds. The first-order valence-corrected chi connectivity index (χ1v) is 12.0. The maximum absolute atomic E-state index is 13.5. The van der Waals surface area contributed by atoms with Crippen LogP contribution in [-0.4, -0.2) is 39.7 Å². The second-order valence-electron chi connectivity index (χ2n) is 9.25. The van der Waals surface area contributed by atoms with E-state index in [-0.39, 0.29) is 23.6 Å². The van der Waals surface area contributed by atoms with E-state index in [0.717, 1.165) is 15.5 Å². The number of rotatable bonds is 6. The second-order valence-corrected chi connectivity index (χ2v) is 9.66. The predicted octanol–water partition coefficient (Wildman–Crippen LogP) is 2.94. The summed E-state index contributed by atoms with van der Waals surface area (Å²) in [4.78, 5) is 50.1. The Morgan fingerprint density at radius 1 is 1.16 bits per heavy atom. The minimum atomic E-state index is -0.826. The summed E-state index contributed by atoms with van der Waals surface area (Å²) in [6, 6.07) is 12.6. The number of benzene rings is 1. The Bertz CT molecular complexity index is 1850. The van der Waals surface area contributed by atoms with Gasteiger partial charge in [0.05, 0.1) is 12.5 Å². The lowest BCUT2D eigenvalue weighted by atomic mass is 10.2. The molecular formula is C25H22ClN7O4. The van der Waals surface area contributed by atoms with E-state index in [9.17, 15) is 19.5 Å². The molecule has 0 saturated heterocycles. The number of fused-ring (bicyclic) bond motifs is 2. The fraction of sp³-hybridized carbons (Fsp3) is 0.240. The molecule has 1 aromatic carbocycles. The molecule has 2 atom stereocenters. The summed E-state index contributed by atoms with van der Waals surface area (Å²) in [5.74, 6) is -0.569. The van der Waals surface area contributed by atoms with Gasteiger partial charge < -0.3 is 20.0 Å². The molecular weight excluding hydrogens is 498 g/mol. The summed E-state index contributed by atoms with van der Waals surface area (Å²) in [7, 11) is 3.25. The smallest absolute Gasteiger partial charge is 0.332 e. The summed E-state index contributed by atoms with van der Waals surface area (Å²) >= 11 is 6.28. The molecule has 1 aliphatic carbocycles. The highest BCUT2D eigenvalue weighted by molar-refractivity contribution is 6.35. The topological polar surface area (TPSA) is 140 Å². The number of hydrogen-bond donors (Lipinski definition) is 3. The van der Waals surface area contributed by atoms with Crippen molar-refractivity contribution >= 4 is 51.4 Å². The number of aromatic nitrogens is 6. The average molecular weight is 520 g/mol. The van der Waals surface area contributed by atoms with Crippen LogP contribution >= 0.6 is 11.6 Å². The number of carbonyl (C=O) groups is 1. The zero-order chi connectivity index (χ0) is 26.0. The highest BCUT2D eigenvalue weighted by atomic mass is 35.5. The van der Waals surface area contributed by atoms with Crippen molar-refractivity contribution in [2.24, 2.45) is 20.0 Å². The third kappa shape index (κ3) is 3.78. The average Bonchev–Trinajstić information content (AvgIpc) is 3.48. The van der Waals surface area contributed by atoms with Gasteiger partial charge in [-0.15, -0.1) is 0 Å². The van der Waals surface area contributed by atoms with Gasteiger partial charge >= 0.3 is 11.7 Å². The number of imidazole rings is 1. The van der Waals surface area contributed by atoms with Crippen LogP contribution in [0.1, 0.15) is 23.7 Å². The fourth-order valence-corrected chi connectivity index (χ4v) is 4.99. The summed E-state index contributed by atoms with van der Waals surface area (Å²) in [5, 5.41) is 13.7. The standard InChI is InChI=1S/C25H22ClN7O4/c1-31-20-21(30-24(31)29-19-8-4-7-17(28-19)13-10-14(13)23(35)36)32(2)25(37)33(22(20)34)11-12-9-15-16(26)5-3-6-18(15)27-12/h3-9,13-14,27H,10-11H2,1-2H3,(H,35,36)(H,28,29,30)/t13-,14+/m0/s1. The molecule has 12 heteroatoms. The first-order valence-electron chi connectivity index (χ1n) is 11.6. The van der Waals surface area contributed by atoms with Crippen LogP contribution < -0.4 is 16.6 Å². The van der Waals surface area contributed by atoms with E-state index in [0.29, 0.717) is 34.6 Å². The number of anilines is 2. The van der Waals surface area contributed by atoms with Gasteiger partial charge in [0.2, 0.25) is 5.95 Å². The largest absolute Gasteiger partial charge is 0.481 e. The number of halogens is 1. The minimum Gasteiger partial charge on any atom is -0.481 e. The van der Waals surface area contributed by atoms with Gasteiger partial charge in [-0.3, -0.25) is 18.7 Å². The second kappa shape index (κ2) is 8.34.